The fourth-order valence-electron chi connectivity index (χ4n) is 1.70. The van der Waals surface area contributed by atoms with Crippen LogP contribution in [0.5, 0.6) is 5.88 Å². The minimum atomic E-state index is -4.66. The van der Waals surface area contributed by atoms with Crippen LogP contribution in [0.15, 0.2) is 18.3 Å². The number of methoxy groups -OCH3 is 1. The van der Waals surface area contributed by atoms with Crippen LogP contribution in [0.2, 0.25) is 0 Å². The standard InChI is InChI=1S/C12H11F3N2O4S2/c1-20-9-4-3-7(5-16-9)10-8(6-21-23(2,18)19)11(22-17-10)12(13,14)15/h3-5H,6H2,1-2H3. The Morgan fingerprint density at radius 1 is 1.30 bits per heavy atom. The summed E-state index contributed by atoms with van der Waals surface area (Å²) in [5.41, 5.74) is -0.0781. The second-order valence-electron chi connectivity index (χ2n) is 4.39. The van der Waals surface area contributed by atoms with Crippen molar-refractivity contribution < 1.29 is 30.5 Å². The highest BCUT2D eigenvalue weighted by Crippen LogP contribution is 2.40. The lowest BCUT2D eigenvalue weighted by Crippen LogP contribution is -2.09. The molecule has 0 saturated heterocycles. The Balaban J connectivity index is 2.47. The van der Waals surface area contributed by atoms with Gasteiger partial charge in [0.05, 0.1) is 25.7 Å². The first-order valence-electron chi connectivity index (χ1n) is 6.02. The number of rotatable bonds is 5. The van der Waals surface area contributed by atoms with E-state index in [4.69, 9.17) is 4.74 Å². The Bertz CT molecular complexity index is 786. The number of hydrogen-bond donors (Lipinski definition) is 0. The fraction of sp³-hybridized carbons (Fsp3) is 0.333. The zero-order valence-electron chi connectivity index (χ0n) is 11.9. The smallest absolute Gasteiger partial charge is 0.427 e. The van der Waals surface area contributed by atoms with E-state index in [1.54, 1.807) is 0 Å². The van der Waals surface area contributed by atoms with E-state index in [9.17, 15) is 21.6 Å². The van der Waals surface area contributed by atoms with Gasteiger partial charge >= 0.3 is 6.18 Å². The van der Waals surface area contributed by atoms with Crippen molar-refractivity contribution in [2.75, 3.05) is 13.4 Å². The normalized spacial score (nSPS) is 12.4. The molecule has 0 fully saturated rings. The van der Waals surface area contributed by atoms with Crippen molar-refractivity contribution in [1.29, 1.82) is 0 Å². The molecule has 0 N–H and O–H groups in total. The SMILES string of the molecule is COc1ccc(-c2nsc(C(F)(F)F)c2COS(C)(=O)=O)cn1. The molecule has 6 nitrogen and oxygen atoms in total. The van der Waals surface area contributed by atoms with Gasteiger partial charge in [0.15, 0.2) is 0 Å². The molecule has 2 rings (SSSR count). The number of nitrogens with zero attached hydrogens (tertiary/aromatic N) is 2. The van der Waals surface area contributed by atoms with Crippen molar-refractivity contribution in [3.05, 3.63) is 28.8 Å². The van der Waals surface area contributed by atoms with Gasteiger partial charge in [-0.25, -0.2) is 4.98 Å². The zero-order valence-corrected chi connectivity index (χ0v) is 13.5. The average molecular weight is 368 g/mol. The largest absolute Gasteiger partial charge is 0.481 e. The van der Waals surface area contributed by atoms with Gasteiger partial charge in [-0.3, -0.25) is 4.18 Å². The summed E-state index contributed by atoms with van der Waals surface area (Å²) in [4.78, 5) is 2.89. The molecule has 11 heteroatoms. The highest BCUT2D eigenvalue weighted by molar-refractivity contribution is 7.85. The lowest BCUT2D eigenvalue weighted by atomic mass is 10.1. The van der Waals surface area contributed by atoms with E-state index in [2.05, 4.69) is 13.5 Å². The monoisotopic (exact) mass is 368 g/mol. The summed E-state index contributed by atoms with van der Waals surface area (Å²) in [6.07, 6.45) is -2.61. The molecule has 0 saturated carbocycles. The van der Waals surface area contributed by atoms with Crippen LogP contribution in [-0.4, -0.2) is 31.1 Å². The van der Waals surface area contributed by atoms with Crippen LogP contribution >= 0.6 is 11.5 Å². The molecule has 0 aliphatic rings. The molecule has 0 amide bonds. The van der Waals surface area contributed by atoms with Crippen LogP contribution < -0.4 is 4.74 Å². The van der Waals surface area contributed by atoms with E-state index >= 15 is 0 Å². The number of alkyl halides is 3. The highest BCUT2D eigenvalue weighted by Gasteiger charge is 2.38. The van der Waals surface area contributed by atoms with Crippen molar-refractivity contribution in [1.82, 2.24) is 9.36 Å². The van der Waals surface area contributed by atoms with Gasteiger partial charge in [-0.1, -0.05) is 0 Å². The predicted molar refractivity (Wildman–Crippen MR) is 76.5 cm³/mol. The van der Waals surface area contributed by atoms with Crippen molar-refractivity contribution in [2.24, 2.45) is 0 Å². The maximum Gasteiger partial charge on any atom is 0.427 e. The van der Waals surface area contributed by atoms with Gasteiger partial charge < -0.3 is 4.74 Å². The number of ether oxygens (including phenoxy) is 1. The third-order valence-electron chi connectivity index (χ3n) is 2.68. The predicted octanol–water partition coefficient (Wildman–Crippen LogP) is 2.71. The van der Waals surface area contributed by atoms with Crippen molar-refractivity contribution in [3.8, 4) is 17.1 Å². The lowest BCUT2D eigenvalue weighted by molar-refractivity contribution is -0.135. The van der Waals surface area contributed by atoms with E-state index < -0.39 is 27.8 Å². The van der Waals surface area contributed by atoms with Gasteiger partial charge in [0.1, 0.15) is 4.88 Å². The van der Waals surface area contributed by atoms with Gasteiger partial charge in [0, 0.05) is 23.4 Å². The van der Waals surface area contributed by atoms with Crippen LogP contribution in [0.3, 0.4) is 0 Å². The maximum absolute atomic E-state index is 13.0. The minimum absolute atomic E-state index is 0.0267. The molecule has 0 spiro atoms. The molecular formula is C12H11F3N2O4S2. The van der Waals surface area contributed by atoms with E-state index in [1.165, 1.54) is 25.4 Å². The van der Waals surface area contributed by atoms with Crippen molar-refractivity contribution in [3.63, 3.8) is 0 Å². The van der Waals surface area contributed by atoms with Gasteiger partial charge in [-0.05, 0) is 17.6 Å². The van der Waals surface area contributed by atoms with Gasteiger partial charge in [-0.15, -0.1) is 0 Å². The van der Waals surface area contributed by atoms with Crippen LogP contribution in [-0.2, 0) is 27.1 Å². The first-order valence-corrected chi connectivity index (χ1v) is 8.61. The fourth-order valence-corrected chi connectivity index (χ4v) is 2.80. The molecule has 2 heterocycles. The van der Waals surface area contributed by atoms with E-state index in [1.807, 2.05) is 0 Å². The summed E-state index contributed by atoms with van der Waals surface area (Å²) < 4.78 is 74.4. The summed E-state index contributed by atoms with van der Waals surface area (Å²) in [6.45, 7) is -0.758. The summed E-state index contributed by atoms with van der Waals surface area (Å²) in [5.74, 6) is 0.286. The summed E-state index contributed by atoms with van der Waals surface area (Å²) in [5, 5.41) is 0. The Morgan fingerprint density at radius 3 is 2.48 bits per heavy atom. The molecule has 126 valence electrons. The van der Waals surface area contributed by atoms with E-state index in [0.717, 1.165) is 6.26 Å². The molecule has 0 radical (unpaired) electrons. The zero-order chi connectivity index (χ0) is 17.3. The second kappa shape index (κ2) is 6.42. The minimum Gasteiger partial charge on any atom is -0.481 e. The first-order chi connectivity index (χ1) is 10.6. The Labute approximate surface area is 134 Å². The molecule has 23 heavy (non-hydrogen) atoms. The molecular weight excluding hydrogens is 357 g/mol. The highest BCUT2D eigenvalue weighted by atomic mass is 32.2. The molecule has 0 aromatic carbocycles. The van der Waals surface area contributed by atoms with Crippen LogP contribution in [0, 0.1) is 0 Å². The lowest BCUT2D eigenvalue weighted by Gasteiger charge is -2.09. The number of aromatic nitrogens is 2. The van der Waals surface area contributed by atoms with Crippen molar-refractivity contribution >= 4 is 21.7 Å². The maximum atomic E-state index is 13.0. The molecule has 2 aromatic heterocycles. The number of halogens is 3. The van der Waals surface area contributed by atoms with E-state index in [0.29, 0.717) is 5.56 Å². The van der Waals surface area contributed by atoms with Crippen LogP contribution in [0.4, 0.5) is 13.2 Å². The number of pyridine rings is 1. The Kier molecular flexibility index (Phi) is 4.92. The third kappa shape index (κ3) is 4.39. The average Bonchev–Trinajstić information content (AvgIpc) is 2.88. The van der Waals surface area contributed by atoms with E-state index in [-0.39, 0.29) is 28.7 Å². The summed E-state index contributed by atoms with van der Waals surface area (Å²) >= 11 is 0.230. The summed E-state index contributed by atoms with van der Waals surface area (Å²) in [7, 11) is -2.50. The molecule has 0 aliphatic carbocycles. The Hall–Kier alpha value is -1.72. The van der Waals surface area contributed by atoms with Crippen LogP contribution in [0.25, 0.3) is 11.3 Å². The molecule has 2 aromatic rings. The molecule has 0 unspecified atom stereocenters. The molecule has 0 aliphatic heterocycles. The molecule has 0 bridgehead atoms. The second-order valence-corrected chi connectivity index (χ2v) is 6.81. The topological polar surface area (TPSA) is 78.4 Å². The van der Waals surface area contributed by atoms with Gasteiger partial charge in [0.25, 0.3) is 10.1 Å². The quantitative estimate of drug-likeness (QED) is 0.755. The summed E-state index contributed by atoms with van der Waals surface area (Å²) in [6, 6.07) is 2.94. The van der Waals surface area contributed by atoms with Crippen molar-refractivity contribution in [2.45, 2.75) is 12.8 Å². The van der Waals surface area contributed by atoms with Gasteiger partial charge in [0.2, 0.25) is 5.88 Å². The Morgan fingerprint density at radius 2 is 2.00 bits per heavy atom. The first kappa shape index (κ1) is 17.6. The van der Waals surface area contributed by atoms with Crippen LogP contribution in [0.1, 0.15) is 10.4 Å². The number of hydrogen-bond acceptors (Lipinski definition) is 7. The third-order valence-corrected chi connectivity index (χ3v) is 4.16. The molecule has 0 atom stereocenters. The van der Waals surface area contributed by atoms with Gasteiger partial charge in [-0.2, -0.15) is 26.0 Å².